The predicted molar refractivity (Wildman–Crippen MR) is 91.4 cm³/mol. The van der Waals surface area contributed by atoms with Gasteiger partial charge in [-0.15, -0.1) is 5.92 Å². The van der Waals surface area contributed by atoms with E-state index in [-0.39, 0.29) is 43.6 Å². The Balaban J connectivity index is 0.00000529. The maximum atomic E-state index is 7.76. The van der Waals surface area contributed by atoms with Gasteiger partial charge in [-0.1, -0.05) is 42.7 Å². The van der Waals surface area contributed by atoms with Gasteiger partial charge >= 0.3 is 0 Å². The molecule has 0 saturated heterocycles. The topological polar surface area (TPSA) is 27.7 Å². The number of ether oxygens (including phenoxy) is 2. The first-order chi connectivity index (χ1) is 10.7. The summed E-state index contributed by atoms with van der Waals surface area (Å²) in [6.07, 6.45) is -0.466. The molecule has 22 heavy (non-hydrogen) atoms. The maximum absolute atomic E-state index is 7.76. The first-order valence-corrected chi connectivity index (χ1v) is 9.39. The second kappa shape index (κ2) is 12.4. The van der Waals surface area contributed by atoms with E-state index in [1.54, 1.807) is 38.3 Å². The van der Waals surface area contributed by atoms with E-state index in [2.05, 4.69) is 0 Å². The minimum atomic E-state index is -2.71. The van der Waals surface area contributed by atoms with Gasteiger partial charge in [-0.05, 0) is 20.4 Å². The van der Waals surface area contributed by atoms with Crippen molar-refractivity contribution in [1.29, 1.82) is 2.57 Å². The average molecular weight is 588 g/mol. The molecule has 3 atom stereocenters. The third-order valence-corrected chi connectivity index (χ3v) is 3.93. The van der Waals surface area contributed by atoms with Gasteiger partial charge in [0.15, 0.2) is 0 Å². The van der Waals surface area contributed by atoms with Gasteiger partial charge in [0, 0.05) is 54.6 Å². The zero-order valence-electron chi connectivity index (χ0n) is 14.9. The van der Waals surface area contributed by atoms with Crippen LogP contribution >= 0.6 is 23.2 Å². The smallest absolute Gasteiger partial charge is 0.128 e. The van der Waals surface area contributed by atoms with Crippen LogP contribution in [0, 0.1) is 43.6 Å². The Bertz CT molecular complexity index is 483. The molecule has 1 aromatic carbocycles. The second-order valence-electron chi connectivity index (χ2n) is 4.75. The van der Waals surface area contributed by atoms with Gasteiger partial charge in [0.1, 0.15) is 22.5 Å². The van der Waals surface area contributed by atoms with Crippen LogP contribution in [0.25, 0.3) is 0 Å². The Morgan fingerprint density at radius 1 is 1.45 bits per heavy atom. The summed E-state index contributed by atoms with van der Waals surface area (Å²) in [5, 5.41) is 1.11. The monoisotopic (exact) mass is 587 g/mol. The molecule has 3 nitrogen and oxygen atoms in total. The quantitative estimate of drug-likeness (QED) is 0.239. The molecule has 0 N–H and O–H groups in total. The van der Waals surface area contributed by atoms with Crippen LogP contribution in [0.4, 0.5) is 0 Å². The molecule has 0 aliphatic carbocycles. The molecular weight excluding hydrogens is 564 g/mol. The van der Waals surface area contributed by atoms with Crippen molar-refractivity contribution in [3.05, 3.63) is 40.4 Å². The maximum Gasteiger partial charge on any atom is 0.128 e. The molecule has 0 spiro atoms. The van der Waals surface area contributed by atoms with Crippen molar-refractivity contribution in [3.8, 4) is 0 Å². The Hall–Kier alpha value is 1.01. The van der Waals surface area contributed by atoms with E-state index in [0.29, 0.717) is 16.7 Å². The van der Waals surface area contributed by atoms with Crippen LogP contribution < -0.4 is 0 Å². The van der Waals surface area contributed by atoms with E-state index in [1.165, 1.54) is 0 Å². The fourth-order valence-corrected chi connectivity index (χ4v) is 2.49. The summed E-state index contributed by atoms with van der Waals surface area (Å²) < 4.78 is 31.4. The summed E-state index contributed by atoms with van der Waals surface area (Å²) in [7, 11) is -1.63. The molecule has 0 bridgehead atoms. The molecule has 8 heteroatoms. The van der Waals surface area contributed by atoms with Crippen LogP contribution in [0.5, 0.6) is 0 Å². The van der Waals surface area contributed by atoms with Gasteiger partial charge < -0.3 is 13.9 Å². The first-order valence-electron chi connectivity index (χ1n) is 7.73. The van der Waals surface area contributed by atoms with Crippen LogP contribution in [0.15, 0.2) is 18.2 Å². The molecule has 0 amide bonds. The van der Waals surface area contributed by atoms with Crippen molar-refractivity contribution in [3.63, 3.8) is 0 Å². The third kappa shape index (κ3) is 9.34. The Morgan fingerprint density at radius 2 is 2.09 bits per heavy atom. The number of halogens is 2. The first kappa shape index (κ1) is 19.3. The zero-order chi connectivity index (χ0) is 17.5. The fourth-order valence-electron chi connectivity index (χ4n) is 1.46. The van der Waals surface area contributed by atoms with E-state index in [9.17, 15) is 0 Å². The SMILES string of the molecule is [2H][Si](C)([B][3H])OCC(C)[CH-]OC(C)OCc1c(Cl)cccc1Cl.[U]. The molecular formula is C14H21BCl2O3SiU-. The average Bonchev–Trinajstić information content (AvgIpc) is 2.50. The summed E-state index contributed by atoms with van der Waals surface area (Å²) in [6, 6.07) is 5.30. The minimum absolute atomic E-state index is 0. The molecule has 0 fully saturated rings. The predicted octanol–water partition coefficient (Wildman–Crippen LogP) is 3.44. The van der Waals surface area contributed by atoms with Crippen LogP contribution in [-0.4, -0.2) is 31.7 Å². The van der Waals surface area contributed by atoms with Crippen molar-refractivity contribution in [2.45, 2.75) is 33.3 Å². The Morgan fingerprint density at radius 3 is 2.68 bits per heavy atom. The molecule has 1 aromatic rings. The molecule has 0 saturated carbocycles. The van der Waals surface area contributed by atoms with E-state index in [1.807, 2.05) is 6.92 Å². The van der Waals surface area contributed by atoms with E-state index < -0.39 is 15.1 Å². The third-order valence-electron chi connectivity index (χ3n) is 2.60. The molecule has 0 aliphatic rings. The van der Waals surface area contributed by atoms with Crippen molar-refractivity contribution in [2.24, 2.45) is 5.92 Å². The standard InChI is InChI=1S/C14H21BCl2O3Si.U/c1-10(8-20-21(3)15)7-18-11(2)19-9-12-13(16)5-4-6-14(12)17;/h4-7,10-11,15,21H,8-9H2,1-3H3;/q-1;/i15T,21D;. The van der Waals surface area contributed by atoms with Gasteiger partial charge in [0.25, 0.3) is 0 Å². The zero-order valence-corrected chi connectivity index (χ0v) is 19.6. The second-order valence-corrected chi connectivity index (χ2v) is 7.07. The Labute approximate surface area is 172 Å². The number of hydrogen-bond acceptors (Lipinski definition) is 3. The molecule has 0 aliphatic heterocycles. The largest absolute Gasteiger partial charge is 0.529 e. The minimum Gasteiger partial charge on any atom is -0.529 e. The molecule has 1 radical (unpaired) electrons. The molecule has 3 unspecified atom stereocenters. The summed E-state index contributed by atoms with van der Waals surface area (Å²) in [5.41, 5.74) is 0.727. The number of rotatable bonds is 10. The summed E-state index contributed by atoms with van der Waals surface area (Å²) in [4.78, 5) is 0. The van der Waals surface area contributed by atoms with Crippen LogP contribution in [0.1, 0.15) is 19.4 Å². The van der Waals surface area contributed by atoms with Gasteiger partial charge in [0.05, 0.1) is 6.61 Å². The summed E-state index contributed by atoms with van der Waals surface area (Å²) >= 11 is 12.2. The van der Waals surface area contributed by atoms with Crippen molar-refractivity contribution in [2.75, 3.05) is 6.61 Å². The summed E-state index contributed by atoms with van der Waals surface area (Å²) in [5.74, 6) is -0.0120. The van der Waals surface area contributed by atoms with E-state index >= 15 is 0 Å². The van der Waals surface area contributed by atoms with E-state index in [0.717, 1.165) is 13.0 Å². The van der Waals surface area contributed by atoms with Gasteiger partial charge in [0.2, 0.25) is 0 Å². The van der Waals surface area contributed by atoms with E-state index in [4.69, 9.17) is 39.7 Å². The molecule has 121 valence electrons. The Kier molecular flexibility index (Phi) is 10.9. The normalized spacial score (nSPS) is 17.5. The molecule has 1 rings (SSSR count). The van der Waals surface area contributed by atoms with Gasteiger partial charge in [-0.2, -0.15) is 0 Å². The van der Waals surface area contributed by atoms with Crippen molar-refractivity contribution >= 4 is 39.4 Å². The van der Waals surface area contributed by atoms with Crippen LogP contribution in [0.3, 0.4) is 0 Å². The van der Waals surface area contributed by atoms with Crippen molar-refractivity contribution in [1.82, 2.24) is 0 Å². The van der Waals surface area contributed by atoms with Crippen molar-refractivity contribution < 1.29 is 45.0 Å². The fraction of sp³-hybridized carbons (Fsp3) is 0.500. The van der Waals surface area contributed by atoms with Gasteiger partial charge in [-0.25, -0.2) is 6.61 Å². The summed E-state index contributed by atoms with van der Waals surface area (Å²) in [6.45, 7) is 7.54. The van der Waals surface area contributed by atoms with Crippen LogP contribution in [0.2, 0.25) is 16.6 Å². The number of hydrogen-bond donors (Lipinski definition) is 0. The molecule has 0 aromatic heterocycles. The van der Waals surface area contributed by atoms with Gasteiger partial charge in [-0.3, -0.25) is 0 Å². The number of benzene rings is 1. The molecule has 0 heterocycles. The van der Waals surface area contributed by atoms with Crippen LogP contribution in [-0.2, 0) is 20.5 Å².